The van der Waals surface area contributed by atoms with Crippen molar-refractivity contribution in [3.8, 4) is 0 Å². The van der Waals surface area contributed by atoms with Crippen LogP contribution in [0.25, 0.3) is 0 Å². The molecule has 0 unspecified atom stereocenters. The minimum absolute atomic E-state index is 0.0168. The van der Waals surface area contributed by atoms with Crippen LogP contribution in [0.2, 0.25) is 5.02 Å². The first-order chi connectivity index (χ1) is 13.0. The van der Waals surface area contributed by atoms with Gasteiger partial charge in [0.1, 0.15) is 11.5 Å². The van der Waals surface area contributed by atoms with Crippen molar-refractivity contribution in [2.75, 3.05) is 12.4 Å². The molecule has 1 aromatic heterocycles. The molecule has 0 atom stereocenters. The minimum atomic E-state index is -0.755. The van der Waals surface area contributed by atoms with Crippen LogP contribution in [0.3, 0.4) is 0 Å². The van der Waals surface area contributed by atoms with Gasteiger partial charge in [-0.1, -0.05) is 17.7 Å². The van der Waals surface area contributed by atoms with Crippen LogP contribution < -0.4 is 10.6 Å². The highest BCUT2D eigenvalue weighted by Gasteiger charge is 2.25. The standard InChI is InChI=1S/C18H20ClFN4O3/c1-27-11-7-5-10(6-8-11)22-18(26)16-14(9-21-24-16)23-17(25)15-12(19)3-2-4-13(15)20/h2-4,9-11H,5-8H2,1H3,(H,21,24)(H,22,26)(H,23,25). The van der Waals surface area contributed by atoms with Gasteiger partial charge < -0.3 is 15.4 Å². The number of aromatic nitrogens is 2. The number of hydrogen-bond donors (Lipinski definition) is 3. The van der Waals surface area contributed by atoms with E-state index in [1.807, 2.05) is 0 Å². The highest BCUT2D eigenvalue weighted by molar-refractivity contribution is 6.34. The molecule has 9 heteroatoms. The van der Waals surface area contributed by atoms with Crippen LogP contribution in [0.5, 0.6) is 0 Å². The summed E-state index contributed by atoms with van der Waals surface area (Å²) in [5.74, 6) is -1.89. The van der Waals surface area contributed by atoms with Gasteiger partial charge in [0.25, 0.3) is 11.8 Å². The zero-order chi connectivity index (χ0) is 19.4. The maximum absolute atomic E-state index is 13.9. The Morgan fingerprint density at radius 3 is 2.67 bits per heavy atom. The molecule has 1 saturated carbocycles. The third-order valence-corrected chi connectivity index (χ3v) is 4.96. The van der Waals surface area contributed by atoms with Gasteiger partial charge >= 0.3 is 0 Å². The number of aromatic amines is 1. The number of H-pyrrole nitrogens is 1. The molecular formula is C18H20ClFN4O3. The zero-order valence-electron chi connectivity index (χ0n) is 14.7. The molecule has 1 fully saturated rings. The first kappa shape index (κ1) is 19.3. The molecule has 0 radical (unpaired) electrons. The summed E-state index contributed by atoms with van der Waals surface area (Å²) in [4.78, 5) is 24.9. The van der Waals surface area contributed by atoms with Crippen molar-refractivity contribution >= 4 is 29.1 Å². The fourth-order valence-electron chi connectivity index (χ4n) is 3.15. The molecule has 1 heterocycles. The lowest BCUT2D eigenvalue weighted by Gasteiger charge is -2.28. The summed E-state index contributed by atoms with van der Waals surface area (Å²) in [6.07, 6.45) is 4.89. The normalized spacial score (nSPS) is 19.5. The summed E-state index contributed by atoms with van der Waals surface area (Å²) in [6.45, 7) is 0. The molecule has 0 bridgehead atoms. The molecule has 3 N–H and O–H groups in total. The smallest absolute Gasteiger partial charge is 0.271 e. The summed E-state index contributed by atoms with van der Waals surface area (Å²) >= 11 is 5.91. The lowest BCUT2D eigenvalue weighted by Crippen LogP contribution is -2.39. The number of rotatable bonds is 5. The van der Waals surface area contributed by atoms with E-state index < -0.39 is 11.7 Å². The molecule has 7 nitrogen and oxygen atoms in total. The van der Waals surface area contributed by atoms with Gasteiger partial charge in [0.2, 0.25) is 0 Å². The van der Waals surface area contributed by atoms with Crippen LogP contribution in [0.4, 0.5) is 10.1 Å². The second-order valence-corrected chi connectivity index (χ2v) is 6.80. The van der Waals surface area contributed by atoms with Crippen molar-refractivity contribution in [2.24, 2.45) is 0 Å². The average molecular weight is 395 g/mol. The number of anilines is 1. The lowest BCUT2D eigenvalue weighted by molar-refractivity contribution is 0.0598. The molecule has 1 aliphatic carbocycles. The quantitative estimate of drug-likeness (QED) is 0.725. The Kier molecular flexibility index (Phi) is 6.08. The molecule has 2 aromatic rings. The Morgan fingerprint density at radius 1 is 1.26 bits per heavy atom. The molecule has 0 spiro atoms. The molecular weight excluding hydrogens is 375 g/mol. The molecule has 0 saturated heterocycles. The number of ether oxygens (including phenoxy) is 1. The Labute approximate surface area is 160 Å². The SMILES string of the molecule is COC1CCC(NC(=O)c2[nH]ncc2NC(=O)c2c(F)cccc2Cl)CC1. The Morgan fingerprint density at radius 2 is 2.00 bits per heavy atom. The first-order valence-electron chi connectivity index (χ1n) is 8.62. The molecule has 27 heavy (non-hydrogen) atoms. The molecule has 1 aliphatic rings. The summed E-state index contributed by atoms with van der Waals surface area (Å²) in [5, 5.41) is 11.8. The minimum Gasteiger partial charge on any atom is -0.381 e. The average Bonchev–Trinajstić information content (AvgIpc) is 3.10. The first-order valence-corrected chi connectivity index (χ1v) is 8.99. The number of halogens is 2. The second-order valence-electron chi connectivity index (χ2n) is 6.39. The van der Waals surface area contributed by atoms with E-state index >= 15 is 0 Å². The Hall–Kier alpha value is -2.45. The number of benzene rings is 1. The number of hydrogen-bond acceptors (Lipinski definition) is 4. The van der Waals surface area contributed by atoms with Crippen molar-refractivity contribution in [3.05, 3.63) is 46.5 Å². The summed E-state index contributed by atoms with van der Waals surface area (Å²) in [7, 11) is 1.69. The van der Waals surface area contributed by atoms with Gasteiger partial charge in [-0.25, -0.2) is 4.39 Å². The molecule has 2 amide bonds. The van der Waals surface area contributed by atoms with E-state index in [2.05, 4.69) is 20.8 Å². The molecule has 1 aromatic carbocycles. The highest BCUT2D eigenvalue weighted by atomic mass is 35.5. The van der Waals surface area contributed by atoms with Crippen LogP contribution in [0.15, 0.2) is 24.4 Å². The van der Waals surface area contributed by atoms with E-state index in [4.69, 9.17) is 16.3 Å². The van der Waals surface area contributed by atoms with Gasteiger partial charge in [-0.2, -0.15) is 5.10 Å². The fraction of sp³-hybridized carbons (Fsp3) is 0.389. The summed E-state index contributed by atoms with van der Waals surface area (Å²) in [6, 6.07) is 3.99. The predicted molar refractivity (Wildman–Crippen MR) is 98.5 cm³/mol. The van der Waals surface area contributed by atoms with Crippen molar-refractivity contribution < 1.29 is 18.7 Å². The number of amides is 2. The van der Waals surface area contributed by atoms with Gasteiger partial charge in [0.05, 0.1) is 28.6 Å². The Balaban J connectivity index is 1.67. The van der Waals surface area contributed by atoms with Crippen LogP contribution in [0, 0.1) is 5.82 Å². The van der Waals surface area contributed by atoms with Gasteiger partial charge in [0, 0.05) is 13.2 Å². The van der Waals surface area contributed by atoms with E-state index in [9.17, 15) is 14.0 Å². The largest absolute Gasteiger partial charge is 0.381 e. The van der Waals surface area contributed by atoms with Gasteiger partial charge in [-0.15, -0.1) is 0 Å². The van der Waals surface area contributed by atoms with Crippen LogP contribution >= 0.6 is 11.6 Å². The third-order valence-electron chi connectivity index (χ3n) is 4.65. The van der Waals surface area contributed by atoms with Gasteiger partial charge in [-0.3, -0.25) is 14.7 Å². The van der Waals surface area contributed by atoms with Gasteiger partial charge in [-0.05, 0) is 37.8 Å². The van der Waals surface area contributed by atoms with E-state index in [0.717, 1.165) is 31.7 Å². The maximum atomic E-state index is 13.9. The fourth-order valence-corrected chi connectivity index (χ4v) is 3.40. The molecule has 0 aliphatic heterocycles. The Bertz CT molecular complexity index is 814. The van der Waals surface area contributed by atoms with E-state index in [-0.39, 0.29) is 40.0 Å². The summed E-state index contributed by atoms with van der Waals surface area (Å²) < 4.78 is 19.2. The number of nitrogens with one attached hydrogen (secondary N) is 3. The molecule has 3 rings (SSSR count). The third kappa shape index (κ3) is 4.45. The lowest BCUT2D eigenvalue weighted by atomic mass is 9.93. The van der Waals surface area contributed by atoms with Crippen LogP contribution in [-0.4, -0.2) is 41.3 Å². The van der Waals surface area contributed by atoms with Crippen molar-refractivity contribution in [2.45, 2.75) is 37.8 Å². The second kappa shape index (κ2) is 8.49. The summed E-state index contributed by atoms with van der Waals surface area (Å²) in [5.41, 5.74) is -0.0308. The van der Waals surface area contributed by atoms with Gasteiger partial charge in [0.15, 0.2) is 0 Å². The maximum Gasteiger partial charge on any atom is 0.271 e. The van der Waals surface area contributed by atoms with E-state index in [1.54, 1.807) is 7.11 Å². The van der Waals surface area contributed by atoms with E-state index in [1.165, 1.54) is 18.3 Å². The highest BCUT2D eigenvalue weighted by Crippen LogP contribution is 2.23. The van der Waals surface area contributed by atoms with E-state index in [0.29, 0.717) is 0 Å². The number of carbonyl (C=O) groups excluding carboxylic acids is 2. The van der Waals surface area contributed by atoms with Crippen LogP contribution in [-0.2, 0) is 4.74 Å². The number of methoxy groups -OCH3 is 1. The number of carbonyl (C=O) groups is 2. The predicted octanol–water partition coefficient (Wildman–Crippen LogP) is 3.14. The van der Waals surface area contributed by atoms with Crippen molar-refractivity contribution in [1.82, 2.24) is 15.5 Å². The number of nitrogens with zero attached hydrogens (tertiary/aromatic N) is 1. The van der Waals surface area contributed by atoms with Crippen molar-refractivity contribution in [1.29, 1.82) is 0 Å². The topological polar surface area (TPSA) is 96.1 Å². The van der Waals surface area contributed by atoms with Crippen LogP contribution in [0.1, 0.15) is 46.5 Å². The zero-order valence-corrected chi connectivity index (χ0v) is 15.5. The molecule has 144 valence electrons. The monoisotopic (exact) mass is 394 g/mol. The van der Waals surface area contributed by atoms with Crippen molar-refractivity contribution in [3.63, 3.8) is 0 Å².